The summed E-state index contributed by atoms with van der Waals surface area (Å²) in [4.78, 5) is 3.64. The van der Waals surface area contributed by atoms with Crippen molar-refractivity contribution in [2.75, 3.05) is 42.9 Å². The molecule has 2 aliphatic heterocycles. The van der Waals surface area contributed by atoms with Gasteiger partial charge in [0, 0.05) is 49.2 Å². The molecule has 0 spiro atoms. The summed E-state index contributed by atoms with van der Waals surface area (Å²) >= 11 is 1.53. The molecule has 2 saturated heterocycles. The summed E-state index contributed by atoms with van der Waals surface area (Å²) < 4.78 is 16.5. The summed E-state index contributed by atoms with van der Waals surface area (Å²) in [6.07, 6.45) is 3.70. The largest absolute Gasteiger partial charge is 0.496 e. The summed E-state index contributed by atoms with van der Waals surface area (Å²) in [6.45, 7) is 5.18. The highest BCUT2D eigenvalue weighted by Gasteiger charge is 2.36. The molecule has 0 aliphatic carbocycles. The maximum atomic E-state index is 5.67. The number of hydrogen-bond acceptors (Lipinski definition) is 8. The molecule has 0 amide bonds. The van der Waals surface area contributed by atoms with Crippen LogP contribution in [0.3, 0.4) is 0 Å². The van der Waals surface area contributed by atoms with Gasteiger partial charge >= 0.3 is 0 Å². The van der Waals surface area contributed by atoms with Gasteiger partial charge in [-0.15, -0.1) is 0 Å². The summed E-state index contributed by atoms with van der Waals surface area (Å²) in [5, 5.41) is 12.9. The Kier molecular flexibility index (Phi) is 5.35. The third kappa shape index (κ3) is 4.02. The fraction of sp³-hybridized carbons (Fsp3) is 0.333. The number of hydrogen-bond donors (Lipinski definition) is 2. The molecule has 4 aromatic rings. The molecule has 9 heteroatoms. The van der Waals surface area contributed by atoms with Crippen molar-refractivity contribution in [2.45, 2.75) is 11.4 Å². The van der Waals surface area contributed by atoms with Crippen LogP contribution in [-0.4, -0.2) is 48.2 Å². The van der Waals surface area contributed by atoms with Crippen LogP contribution in [0.4, 0.5) is 11.5 Å². The topological polar surface area (TPSA) is 80.4 Å². The molecular weight excluding hydrogens is 436 g/mol. The summed E-state index contributed by atoms with van der Waals surface area (Å²) in [5.41, 5.74) is 3.00. The van der Waals surface area contributed by atoms with Crippen molar-refractivity contribution in [1.29, 1.82) is 0 Å². The summed E-state index contributed by atoms with van der Waals surface area (Å²) in [5.74, 6) is 2.92. The zero-order valence-corrected chi connectivity index (χ0v) is 19.2. The van der Waals surface area contributed by atoms with E-state index >= 15 is 0 Å². The quantitative estimate of drug-likeness (QED) is 0.401. The van der Waals surface area contributed by atoms with E-state index in [1.54, 1.807) is 13.3 Å². The Balaban J connectivity index is 1.19. The van der Waals surface area contributed by atoms with Crippen molar-refractivity contribution in [3.8, 4) is 5.75 Å². The van der Waals surface area contributed by atoms with Crippen LogP contribution in [0, 0.1) is 11.8 Å². The van der Waals surface area contributed by atoms with E-state index in [9.17, 15) is 0 Å². The maximum Gasteiger partial charge on any atom is 0.191 e. The minimum absolute atomic E-state index is 0.637. The Morgan fingerprint density at radius 3 is 2.85 bits per heavy atom. The fourth-order valence-electron chi connectivity index (χ4n) is 4.91. The second kappa shape index (κ2) is 8.64. The van der Waals surface area contributed by atoms with E-state index in [4.69, 9.17) is 9.26 Å². The number of ether oxygens (including phenoxy) is 1. The van der Waals surface area contributed by atoms with Crippen LogP contribution in [0.15, 0.2) is 64.3 Å². The zero-order chi connectivity index (χ0) is 22.2. The average Bonchev–Trinajstić information content (AvgIpc) is 3.62. The van der Waals surface area contributed by atoms with Gasteiger partial charge in [-0.1, -0.05) is 11.2 Å². The van der Waals surface area contributed by atoms with E-state index in [0.717, 1.165) is 59.6 Å². The number of methoxy groups -OCH3 is 1. The second-order valence-electron chi connectivity index (χ2n) is 8.69. The molecule has 6 rings (SSSR count). The Hall–Kier alpha value is -3.17. The van der Waals surface area contributed by atoms with Crippen molar-refractivity contribution in [3.05, 3.63) is 60.4 Å². The van der Waals surface area contributed by atoms with Gasteiger partial charge in [0.1, 0.15) is 11.1 Å². The molecule has 33 heavy (non-hydrogen) atoms. The molecule has 2 aromatic heterocycles. The molecular formula is C24H26N6O2S. The lowest BCUT2D eigenvalue weighted by molar-refractivity contribution is 0.418. The van der Waals surface area contributed by atoms with Crippen molar-refractivity contribution in [2.24, 2.45) is 11.8 Å². The zero-order valence-electron chi connectivity index (χ0n) is 18.4. The van der Waals surface area contributed by atoms with Gasteiger partial charge in [-0.05, 0) is 65.7 Å². The van der Waals surface area contributed by atoms with Crippen LogP contribution in [0.1, 0.15) is 5.56 Å². The van der Waals surface area contributed by atoms with E-state index in [1.807, 2.05) is 29.1 Å². The molecule has 0 bridgehead atoms. The van der Waals surface area contributed by atoms with Crippen LogP contribution in [0.25, 0.3) is 11.0 Å². The first-order valence-electron chi connectivity index (χ1n) is 11.2. The van der Waals surface area contributed by atoms with E-state index in [2.05, 4.69) is 49.5 Å². The van der Waals surface area contributed by atoms with Crippen LogP contribution in [0.5, 0.6) is 5.75 Å². The number of rotatable bonds is 7. The van der Waals surface area contributed by atoms with Gasteiger partial charge in [-0.2, -0.15) is 5.10 Å². The molecule has 2 fully saturated rings. The minimum Gasteiger partial charge on any atom is -0.496 e. The third-order valence-corrected chi connectivity index (χ3v) is 7.34. The van der Waals surface area contributed by atoms with Gasteiger partial charge in [0.05, 0.1) is 13.7 Å². The minimum atomic E-state index is 0.637. The number of anilines is 2. The molecule has 2 N–H and O–H groups in total. The first kappa shape index (κ1) is 20.4. The monoisotopic (exact) mass is 462 g/mol. The molecule has 2 unspecified atom stereocenters. The van der Waals surface area contributed by atoms with E-state index in [0.29, 0.717) is 17.9 Å². The number of benzene rings is 2. The first-order chi connectivity index (χ1) is 16.3. The van der Waals surface area contributed by atoms with Crippen molar-refractivity contribution < 1.29 is 9.26 Å². The molecule has 2 atom stereocenters. The standard InChI is InChI=1S/C24H26N6O2S/c1-31-21-8-16(13-30-7-3-6-26-30)9-22-23(21)24(27-32-22)28-33-20-5-2-4-19(10-20)29-14-17-11-25-12-18(17)15-29/h2-10,17-18,25H,11-15H2,1H3,(H,27,28). The smallest absolute Gasteiger partial charge is 0.191 e. The predicted molar refractivity (Wildman–Crippen MR) is 130 cm³/mol. The number of nitrogens with zero attached hydrogens (tertiary/aromatic N) is 4. The highest BCUT2D eigenvalue weighted by Crippen LogP contribution is 2.37. The van der Waals surface area contributed by atoms with E-state index in [1.165, 1.54) is 17.6 Å². The van der Waals surface area contributed by atoms with Crippen LogP contribution < -0.4 is 19.7 Å². The molecule has 0 saturated carbocycles. The van der Waals surface area contributed by atoms with Gasteiger partial charge in [-0.25, -0.2) is 0 Å². The number of aromatic nitrogens is 3. The predicted octanol–water partition coefficient (Wildman–Crippen LogP) is 3.86. The molecule has 4 heterocycles. The summed E-state index contributed by atoms with van der Waals surface area (Å²) in [7, 11) is 1.67. The average molecular weight is 463 g/mol. The highest BCUT2D eigenvalue weighted by molar-refractivity contribution is 8.00. The molecule has 170 valence electrons. The molecule has 2 aromatic carbocycles. The lowest BCUT2D eigenvalue weighted by Crippen LogP contribution is -2.25. The van der Waals surface area contributed by atoms with Crippen LogP contribution >= 0.6 is 11.9 Å². The third-order valence-electron chi connectivity index (χ3n) is 6.56. The van der Waals surface area contributed by atoms with Gasteiger partial charge in [0.25, 0.3) is 0 Å². The fourth-order valence-corrected chi connectivity index (χ4v) is 5.59. The lowest BCUT2D eigenvalue weighted by atomic mass is 10.0. The van der Waals surface area contributed by atoms with Crippen molar-refractivity contribution in [3.63, 3.8) is 0 Å². The van der Waals surface area contributed by atoms with Crippen molar-refractivity contribution in [1.82, 2.24) is 20.3 Å². The SMILES string of the molecule is COc1cc(Cn2cccn2)cc2onc(NSc3cccc(N4CC5CNCC5C4)c3)c12. The van der Waals surface area contributed by atoms with Gasteiger partial charge in [0.2, 0.25) is 0 Å². The molecule has 2 aliphatic rings. The number of nitrogens with one attached hydrogen (secondary N) is 2. The van der Waals surface area contributed by atoms with Crippen molar-refractivity contribution >= 4 is 34.4 Å². The molecule has 0 radical (unpaired) electrons. The van der Waals surface area contributed by atoms with Gasteiger partial charge < -0.3 is 24.2 Å². The maximum absolute atomic E-state index is 5.67. The Bertz CT molecular complexity index is 1250. The van der Waals surface area contributed by atoms with E-state index in [-0.39, 0.29) is 0 Å². The lowest BCUT2D eigenvalue weighted by Gasteiger charge is -2.20. The van der Waals surface area contributed by atoms with E-state index < -0.39 is 0 Å². The van der Waals surface area contributed by atoms with Gasteiger partial charge in [-0.3, -0.25) is 4.68 Å². The van der Waals surface area contributed by atoms with Crippen LogP contribution in [-0.2, 0) is 6.54 Å². The Labute approximate surface area is 196 Å². The number of fused-ring (bicyclic) bond motifs is 2. The van der Waals surface area contributed by atoms with Crippen LogP contribution in [0.2, 0.25) is 0 Å². The molecule has 8 nitrogen and oxygen atoms in total. The Morgan fingerprint density at radius 2 is 2.06 bits per heavy atom. The first-order valence-corrected chi connectivity index (χ1v) is 12.0. The van der Waals surface area contributed by atoms with Gasteiger partial charge in [0.15, 0.2) is 11.4 Å². The highest BCUT2D eigenvalue weighted by atomic mass is 32.2. The normalized spacial score (nSPS) is 19.8. The Morgan fingerprint density at radius 1 is 1.18 bits per heavy atom. The second-order valence-corrected chi connectivity index (χ2v) is 9.57. The summed E-state index contributed by atoms with van der Waals surface area (Å²) in [6, 6.07) is 14.6.